The molecule has 20 heavy (non-hydrogen) atoms. The molecule has 0 aromatic heterocycles. The summed E-state index contributed by atoms with van der Waals surface area (Å²) in [5.74, 6) is -0.146. The minimum atomic E-state index is -0.249. The predicted octanol–water partition coefficient (Wildman–Crippen LogP) is 3.18. The monoisotopic (exact) mass is 276 g/mol. The van der Waals surface area contributed by atoms with Crippen molar-refractivity contribution in [1.82, 2.24) is 5.32 Å². The highest BCUT2D eigenvalue weighted by molar-refractivity contribution is 5.20. The standard InChI is InChI=1S/C17H25FN2/c1-17(13-19,12-15-8-4-5-9-16(15)18)20-11-10-14-6-2-3-7-14/h4-6,8-9,20H,2-3,7,10-13,19H2,1H3. The molecule has 0 bridgehead atoms. The van der Waals surface area contributed by atoms with E-state index in [2.05, 4.69) is 18.3 Å². The van der Waals surface area contributed by atoms with Gasteiger partial charge in [-0.1, -0.05) is 29.8 Å². The molecule has 3 heteroatoms. The van der Waals surface area contributed by atoms with E-state index in [0.29, 0.717) is 13.0 Å². The maximum Gasteiger partial charge on any atom is 0.126 e. The summed E-state index contributed by atoms with van der Waals surface area (Å²) < 4.78 is 13.7. The van der Waals surface area contributed by atoms with Gasteiger partial charge < -0.3 is 11.1 Å². The fraction of sp³-hybridized carbons (Fsp3) is 0.529. The smallest absolute Gasteiger partial charge is 0.126 e. The van der Waals surface area contributed by atoms with Crippen LogP contribution in [0.15, 0.2) is 35.9 Å². The van der Waals surface area contributed by atoms with Crippen molar-refractivity contribution in [3.05, 3.63) is 47.3 Å². The molecule has 0 spiro atoms. The van der Waals surface area contributed by atoms with E-state index in [9.17, 15) is 4.39 Å². The zero-order chi connectivity index (χ0) is 14.4. The first-order chi connectivity index (χ1) is 9.63. The molecule has 3 N–H and O–H groups in total. The molecule has 1 atom stereocenters. The molecule has 2 rings (SSSR count). The van der Waals surface area contributed by atoms with Crippen LogP contribution in [0.25, 0.3) is 0 Å². The van der Waals surface area contributed by atoms with Gasteiger partial charge >= 0.3 is 0 Å². The largest absolute Gasteiger partial charge is 0.329 e. The third-order valence-electron chi connectivity index (χ3n) is 4.12. The van der Waals surface area contributed by atoms with Crippen LogP contribution in [0.5, 0.6) is 0 Å². The lowest BCUT2D eigenvalue weighted by Gasteiger charge is -2.30. The van der Waals surface area contributed by atoms with Gasteiger partial charge in [-0.15, -0.1) is 0 Å². The second-order valence-electron chi connectivity index (χ2n) is 5.96. The summed E-state index contributed by atoms with van der Waals surface area (Å²) in [6, 6.07) is 6.94. The Morgan fingerprint density at radius 1 is 1.35 bits per heavy atom. The van der Waals surface area contributed by atoms with E-state index in [1.165, 1.54) is 25.3 Å². The summed E-state index contributed by atoms with van der Waals surface area (Å²) in [5, 5.41) is 3.52. The van der Waals surface area contributed by atoms with Crippen LogP contribution in [-0.4, -0.2) is 18.6 Å². The predicted molar refractivity (Wildman–Crippen MR) is 82.1 cm³/mol. The average molecular weight is 276 g/mol. The highest BCUT2D eigenvalue weighted by atomic mass is 19.1. The topological polar surface area (TPSA) is 38.0 Å². The fourth-order valence-corrected chi connectivity index (χ4v) is 2.76. The van der Waals surface area contributed by atoms with Crippen LogP contribution in [0.4, 0.5) is 4.39 Å². The van der Waals surface area contributed by atoms with Gasteiger partial charge in [-0.25, -0.2) is 4.39 Å². The molecule has 0 radical (unpaired) electrons. The van der Waals surface area contributed by atoms with Crippen molar-refractivity contribution in [2.75, 3.05) is 13.1 Å². The van der Waals surface area contributed by atoms with E-state index in [1.54, 1.807) is 11.6 Å². The van der Waals surface area contributed by atoms with Crippen molar-refractivity contribution in [2.24, 2.45) is 5.73 Å². The maximum atomic E-state index is 13.7. The molecule has 1 unspecified atom stereocenters. The fourth-order valence-electron chi connectivity index (χ4n) is 2.76. The molecule has 1 aromatic rings. The summed E-state index contributed by atoms with van der Waals surface area (Å²) in [7, 11) is 0. The highest BCUT2D eigenvalue weighted by Crippen LogP contribution is 2.21. The van der Waals surface area contributed by atoms with Crippen LogP contribution in [0.1, 0.15) is 38.2 Å². The number of hydrogen-bond acceptors (Lipinski definition) is 2. The van der Waals surface area contributed by atoms with Crippen LogP contribution in [0, 0.1) is 5.82 Å². The van der Waals surface area contributed by atoms with Gasteiger partial charge in [0.05, 0.1) is 0 Å². The summed E-state index contributed by atoms with van der Waals surface area (Å²) in [5.41, 5.74) is 7.92. The Labute approximate surface area is 121 Å². The van der Waals surface area contributed by atoms with Crippen LogP contribution in [-0.2, 0) is 6.42 Å². The first-order valence-corrected chi connectivity index (χ1v) is 7.49. The number of nitrogens with two attached hydrogens (primary N) is 1. The van der Waals surface area contributed by atoms with Crippen molar-refractivity contribution in [3.63, 3.8) is 0 Å². The van der Waals surface area contributed by atoms with E-state index in [0.717, 1.165) is 18.5 Å². The van der Waals surface area contributed by atoms with Gasteiger partial charge in [0.15, 0.2) is 0 Å². The van der Waals surface area contributed by atoms with Gasteiger partial charge in [-0.2, -0.15) is 0 Å². The minimum Gasteiger partial charge on any atom is -0.329 e. The Bertz CT molecular complexity index is 470. The minimum absolute atomic E-state index is 0.146. The molecule has 0 heterocycles. The van der Waals surface area contributed by atoms with Crippen LogP contribution in [0.2, 0.25) is 0 Å². The molecule has 1 aliphatic rings. The Balaban J connectivity index is 1.89. The van der Waals surface area contributed by atoms with Crippen LogP contribution in [0.3, 0.4) is 0 Å². The summed E-state index contributed by atoms with van der Waals surface area (Å²) in [4.78, 5) is 0. The van der Waals surface area contributed by atoms with Crippen molar-refractivity contribution >= 4 is 0 Å². The summed E-state index contributed by atoms with van der Waals surface area (Å²) >= 11 is 0. The van der Waals surface area contributed by atoms with Crippen molar-refractivity contribution in [2.45, 2.75) is 44.6 Å². The SMILES string of the molecule is CC(CN)(Cc1ccccc1F)NCCC1=CCCC1. The first-order valence-electron chi connectivity index (χ1n) is 7.49. The van der Waals surface area contributed by atoms with Crippen LogP contribution >= 0.6 is 0 Å². The normalized spacial score (nSPS) is 17.9. The highest BCUT2D eigenvalue weighted by Gasteiger charge is 2.23. The second kappa shape index (κ2) is 7.00. The molecule has 0 aliphatic heterocycles. The average Bonchev–Trinajstić information content (AvgIpc) is 2.95. The third kappa shape index (κ3) is 4.15. The molecule has 0 amide bonds. The summed E-state index contributed by atoms with van der Waals surface area (Å²) in [6.07, 6.45) is 7.78. The molecular formula is C17H25FN2. The van der Waals surface area contributed by atoms with E-state index >= 15 is 0 Å². The zero-order valence-corrected chi connectivity index (χ0v) is 12.3. The van der Waals surface area contributed by atoms with Gasteiger partial charge in [0.2, 0.25) is 0 Å². The van der Waals surface area contributed by atoms with Gasteiger partial charge in [-0.05, 0) is 57.2 Å². The van der Waals surface area contributed by atoms with Crippen molar-refractivity contribution in [3.8, 4) is 0 Å². The Kier molecular flexibility index (Phi) is 5.32. The van der Waals surface area contributed by atoms with Crippen molar-refractivity contribution < 1.29 is 4.39 Å². The Hall–Kier alpha value is -1.19. The van der Waals surface area contributed by atoms with Crippen LogP contribution < -0.4 is 11.1 Å². The lowest BCUT2D eigenvalue weighted by molar-refractivity contribution is 0.358. The number of rotatable bonds is 7. The number of benzene rings is 1. The van der Waals surface area contributed by atoms with E-state index in [4.69, 9.17) is 5.73 Å². The molecule has 0 fully saturated rings. The van der Waals surface area contributed by atoms with E-state index in [1.807, 2.05) is 12.1 Å². The third-order valence-corrected chi connectivity index (χ3v) is 4.12. The Morgan fingerprint density at radius 2 is 2.15 bits per heavy atom. The molecule has 0 saturated heterocycles. The molecule has 110 valence electrons. The quantitative estimate of drug-likeness (QED) is 0.751. The molecule has 2 nitrogen and oxygen atoms in total. The molecule has 1 aromatic carbocycles. The number of allylic oxidation sites excluding steroid dienone is 1. The van der Waals surface area contributed by atoms with Gasteiger partial charge in [0, 0.05) is 12.1 Å². The maximum absolute atomic E-state index is 13.7. The number of halogens is 1. The van der Waals surface area contributed by atoms with Crippen molar-refractivity contribution in [1.29, 1.82) is 0 Å². The first kappa shape index (κ1) is 15.2. The lowest BCUT2D eigenvalue weighted by atomic mass is 9.92. The van der Waals surface area contributed by atoms with Gasteiger partial charge in [0.1, 0.15) is 5.82 Å². The van der Waals surface area contributed by atoms with E-state index in [-0.39, 0.29) is 11.4 Å². The van der Waals surface area contributed by atoms with Gasteiger partial charge in [-0.3, -0.25) is 0 Å². The lowest BCUT2D eigenvalue weighted by Crippen LogP contribution is -2.50. The molecule has 1 aliphatic carbocycles. The Morgan fingerprint density at radius 3 is 2.80 bits per heavy atom. The summed E-state index contributed by atoms with van der Waals surface area (Å²) in [6.45, 7) is 3.48. The number of nitrogens with one attached hydrogen (secondary N) is 1. The second-order valence-corrected chi connectivity index (χ2v) is 5.96. The van der Waals surface area contributed by atoms with E-state index < -0.39 is 0 Å². The van der Waals surface area contributed by atoms with Gasteiger partial charge in [0.25, 0.3) is 0 Å². The number of hydrogen-bond donors (Lipinski definition) is 2. The zero-order valence-electron chi connectivity index (χ0n) is 12.3. The molecular weight excluding hydrogens is 251 g/mol. The molecule has 0 saturated carbocycles.